The third kappa shape index (κ3) is 16.4. The molecule has 0 spiro atoms. The average molecular weight is 334 g/mol. The molecule has 0 heterocycles. The van der Waals surface area contributed by atoms with Crippen LogP contribution in [0.25, 0.3) is 0 Å². The first-order valence-corrected chi connectivity index (χ1v) is 7.79. The van der Waals surface area contributed by atoms with Crippen molar-refractivity contribution >= 4 is 27.9 Å². The summed E-state index contributed by atoms with van der Waals surface area (Å²) in [6.07, 6.45) is 1.68. The Morgan fingerprint density at radius 3 is 2.43 bits per heavy atom. The van der Waals surface area contributed by atoms with E-state index in [1.807, 2.05) is 0 Å². The minimum atomic E-state index is -2.39. The van der Waals surface area contributed by atoms with E-state index in [9.17, 15) is 23.6 Å². The number of carbonyl (C=O) groups is 2. The smallest absolute Gasteiger partial charge is 0.330 e. The molecular weight excluding hydrogens is 318 g/mol. The molecule has 0 aromatic heterocycles. The van der Waals surface area contributed by atoms with Gasteiger partial charge in [-0.15, -0.1) is 0 Å². The summed E-state index contributed by atoms with van der Waals surface area (Å²) in [7, 11) is -2.64. The molecule has 1 N–H and O–H groups in total. The van der Waals surface area contributed by atoms with Gasteiger partial charge in [0, 0.05) is 12.0 Å². The zero-order valence-electron chi connectivity index (χ0n) is 11.7. The van der Waals surface area contributed by atoms with Crippen LogP contribution in [0.15, 0.2) is 23.8 Å². The van der Waals surface area contributed by atoms with E-state index in [4.69, 9.17) is 5.11 Å². The van der Waals surface area contributed by atoms with Gasteiger partial charge in [0.25, 0.3) is 0 Å². The predicted octanol–water partition coefficient (Wildman–Crippen LogP) is 1.87. The maximum atomic E-state index is 10.6. The number of carboxylic acids is 1. The molecule has 0 rings (SSSR count). The molecule has 116 valence electrons. The van der Waals surface area contributed by atoms with Crippen LogP contribution < -0.4 is 4.89 Å². The van der Waals surface area contributed by atoms with E-state index in [0.29, 0.717) is 5.57 Å². The van der Waals surface area contributed by atoms with Crippen LogP contribution >= 0.6 is 15.9 Å². The summed E-state index contributed by atoms with van der Waals surface area (Å²) in [5.41, 5.74) is 2.77. The van der Waals surface area contributed by atoms with Crippen LogP contribution in [0.3, 0.4) is 0 Å². The van der Waals surface area contributed by atoms with Gasteiger partial charge in [0.2, 0.25) is 0 Å². The van der Waals surface area contributed by atoms with Gasteiger partial charge < -0.3 is 10.00 Å². The van der Waals surface area contributed by atoms with Crippen molar-refractivity contribution in [3.63, 3.8) is 0 Å². The van der Waals surface area contributed by atoms with Crippen molar-refractivity contribution in [3.05, 3.63) is 23.8 Å². The molecule has 0 amide bonds. The molecule has 0 aliphatic rings. The molecule has 1 unspecified atom stereocenters. The minimum absolute atomic E-state index is 0.0138. The minimum Gasteiger partial charge on any atom is -0.596 e. The van der Waals surface area contributed by atoms with Gasteiger partial charge in [0.1, 0.15) is 6.16 Å². The maximum Gasteiger partial charge on any atom is 0.330 e. The van der Waals surface area contributed by atoms with Gasteiger partial charge >= 0.3 is 73.3 Å². The Morgan fingerprint density at radius 2 is 2.05 bits per heavy atom. The van der Waals surface area contributed by atoms with Crippen LogP contribution in [0.4, 0.5) is 0 Å². The summed E-state index contributed by atoms with van der Waals surface area (Å²) in [6, 6.07) is 0. The second-order valence-electron chi connectivity index (χ2n) is 3.64. The molecule has 21 heavy (non-hydrogen) atoms. The van der Waals surface area contributed by atoms with Crippen LogP contribution in [0, 0.1) is 5.63 Å². The molecule has 0 aliphatic heterocycles. The summed E-state index contributed by atoms with van der Waals surface area (Å²) in [6.45, 7) is 6.26. The standard InChI is InChI=1S/C6H9O4P.C6H7O3P/c1-5(6(7)8)3-2-4-11(9)10;1-5(2)6(7)9-3-4-10-8/h3H,2,4H2,1H3,(H,7,8);1,3H2,2H3. The number of hydrogen-bond donors (Lipinski definition) is 1. The van der Waals surface area contributed by atoms with Gasteiger partial charge in [0.15, 0.2) is 0 Å². The zero-order valence-corrected chi connectivity index (χ0v) is 13.5. The zero-order chi connectivity index (χ0) is 16.8. The molecule has 1 atom stereocenters. The molecule has 0 aromatic rings. The number of rotatable bonds is 6. The number of allylic oxidation sites excluding steroid dienone is 1. The van der Waals surface area contributed by atoms with E-state index < -0.39 is 20.0 Å². The average Bonchev–Trinajstić information content (AvgIpc) is 2.38. The Balaban J connectivity index is 0. The summed E-state index contributed by atoms with van der Waals surface area (Å²) >= 11 is 0. The molecule has 0 saturated carbocycles. The van der Waals surface area contributed by atoms with Gasteiger partial charge in [-0.25, -0.2) is 4.79 Å². The van der Waals surface area contributed by atoms with Crippen molar-refractivity contribution in [1.82, 2.24) is 0 Å². The number of aliphatic carboxylic acids is 1. The van der Waals surface area contributed by atoms with Crippen LogP contribution in [-0.4, -0.2) is 29.8 Å². The topological polar surface area (TPSA) is 121 Å². The molecule has 0 saturated heterocycles. The van der Waals surface area contributed by atoms with E-state index in [2.05, 4.69) is 16.9 Å². The maximum absolute atomic E-state index is 10.6. The number of esters is 1. The van der Waals surface area contributed by atoms with Crippen molar-refractivity contribution in [1.29, 1.82) is 0 Å². The third-order valence-corrected chi connectivity index (χ3v) is 2.66. The molecule has 0 aromatic carbocycles. The summed E-state index contributed by atoms with van der Waals surface area (Å²) in [5.74, 6) is -1.50. The number of carboxylic acid groups (broad SMARTS) is 1. The van der Waals surface area contributed by atoms with Crippen molar-refractivity contribution in [2.24, 2.45) is 0 Å². The van der Waals surface area contributed by atoms with Gasteiger partial charge in [-0.2, -0.15) is 0 Å². The van der Waals surface area contributed by atoms with Crippen molar-refractivity contribution in [2.45, 2.75) is 20.3 Å². The Hall–Kier alpha value is -1.51. The van der Waals surface area contributed by atoms with E-state index in [0.717, 1.165) is 0 Å². The van der Waals surface area contributed by atoms with Crippen molar-refractivity contribution in [2.75, 3.05) is 12.8 Å². The number of hydrogen-bond acceptors (Lipinski definition) is 6. The summed E-state index contributed by atoms with van der Waals surface area (Å²) in [5, 5.41) is 8.33. The molecule has 0 fully saturated rings. The molecule has 0 bridgehead atoms. The Kier molecular flexibility index (Phi) is 14.0. The van der Waals surface area contributed by atoms with Crippen LogP contribution in [0.5, 0.6) is 0 Å². The molecule has 9 heteroatoms. The fourth-order valence-corrected chi connectivity index (χ4v) is 1.18. The first kappa shape index (κ1) is 21.8. The summed E-state index contributed by atoms with van der Waals surface area (Å²) < 4.78 is 24.2. The van der Waals surface area contributed by atoms with Gasteiger partial charge in [-0.1, -0.05) is 10.6 Å². The largest absolute Gasteiger partial charge is 0.596 e. The number of ether oxygens (including phenoxy) is 1. The third-order valence-electron chi connectivity index (χ3n) is 1.78. The fourth-order valence-electron chi connectivity index (χ4n) is 0.721. The first-order chi connectivity index (χ1) is 9.72. The molecule has 0 radical (unpaired) electrons. The van der Waals surface area contributed by atoms with Crippen LogP contribution in [0.1, 0.15) is 20.3 Å². The summed E-state index contributed by atoms with van der Waals surface area (Å²) in [4.78, 5) is 30.7. The van der Waals surface area contributed by atoms with Crippen LogP contribution in [-0.2, 0) is 23.5 Å². The normalized spacial score (nSPS) is 10.4. The van der Waals surface area contributed by atoms with E-state index in [1.54, 1.807) is 0 Å². The van der Waals surface area contributed by atoms with Crippen molar-refractivity contribution < 1.29 is 33.5 Å². The van der Waals surface area contributed by atoms with E-state index in [1.165, 1.54) is 19.9 Å². The first-order valence-electron chi connectivity index (χ1n) is 5.62. The SMILES string of the molecule is C=C(C)C(=O)OCC#P=O.CC(=CCC[P+](=O)[O-])C(=O)O. The Labute approximate surface area is 124 Å². The van der Waals surface area contributed by atoms with Gasteiger partial charge in [-0.3, -0.25) is 0 Å². The number of carbonyl (C=O) groups excluding carboxylic acids is 1. The van der Waals surface area contributed by atoms with E-state index >= 15 is 0 Å². The monoisotopic (exact) mass is 334 g/mol. The van der Waals surface area contributed by atoms with Crippen LogP contribution in [0.2, 0.25) is 0 Å². The van der Waals surface area contributed by atoms with Gasteiger partial charge in [0.05, 0.1) is 0 Å². The van der Waals surface area contributed by atoms with Gasteiger partial charge in [-0.05, 0) is 6.92 Å². The Morgan fingerprint density at radius 1 is 1.48 bits per heavy atom. The fraction of sp³-hybridized carbons (Fsp3) is 0.417. The predicted molar refractivity (Wildman–Crippen MR) is 75.8 cm³/mol. The molecule has 0 aliphatic carbocycles. The second kappa shape index (κ2) is 13.5. The van der Waals surface area contributed by atoms with Crippen molar-refractivity contribution in [3.8, 4) is 5.63 Å². The van der Waals surface area contributed by atoms with E-state index in [-0.39, 0.29) is 32.7 Å². The Bertz CT molecular complexity index is 531. The molecule has 7 nitrogen and oxygen atoms in total. The quantitative estimate of drug-likeness (QED) is 0.447. The second-order valence-corrected chi connectivity index (χ2v) is 5.25. The molecular formula is C12H16O7P2.